The highest BCUT2D eigenvalue weighted by atomic mass is 32.2. The van der Waals surface area contributed by atoms with E-state index in [1.165, 1.54) is 16.4 Å². The van der Waals surface area contributed by atoms with Crippen LogP contribution in [0.4, 0.5) is 0 Å². The molecule has 5 nitrogen and oxygen atoms in total. The Morgan fingerprint density at radius 1 is 1.20 bits per heavy atom. The summed E-state index contributed by atoms with van der Waals surface area (Å²) in [6, 6.07) is 8.20. The number of terminal acetylenes is 1. The summed E-state index contributed by atoms with van der Waals surface area (Å²) in [6.07, 6.45) is 5.25. The van der Waals surface area contributed by atoms with Crippen molar-refractivity contribution in [3.63, 3.8) is 0 Å². The van der Waals surface area contributed by atoms with Crippen molar-refractivity contribution < 1.29 is 8.42 Å². The van der Waals surface area contributed by atoms with Crippen LogP contribution in [-0.2, 0) is 10.0 Å². The van der Waals surface area contributed by atoms with E-state index < -0.39 is 10.0 Å². The summed E-state index contributed by atoms with van der Waals surface area (Å²) in [5.74, 6) is 2.56. The predicted molar refractivity (Wildman–Crippen MR) is 75.2 cm³/mol. The van der Waals surface area contributed by atoms with E-state index in [0.29, 0.717) is 32.7 Å². The molecule has 0 saturated carbocycles. The minimum Gasteiger partial charge on any atom is -0.290 e. The normalized spacial score (nSPS) is 17.3. The topological polar surface area (TPSA) is 64.4 Å². The van der Waals surface area contributed by atoms with Crippen molar-refractivity contribution in [2.75, 3.05) is 32.7 Å². The number of nitriles is 1. The third-order valence-corrected chi connectivity index (χ3v) is 5.23. The molecule has 20 heavy (non-hydrogen) atoms. The second-order valence-corrected chi connectivity index (χ2v) is 6.40. The lowest BCUT2D eigenvalue weighted by molar-refractivity contribution is 0.207. The van der Waals surface area contributed by atoms with Crippen LogP contribution in [0.3, 0.4) is 0 Å². The third-order valence-electron chi connectivity index (χ3n) is 3.27. The highest BCUT2D eigenvalue weighted by Crippen LogP contribution is 2.20. The van der Waals surface area contributed by atoms with E-state index in [4.69, 9.17) is 11.7 Å². The zero-order valence-electron chi connectivity index (χ0n) is 11.0. The van der Waals surface area contributed by atoms with Gasteiger partial charge in [0.25, 0.3) is 0 Å². The molecule has 1 aliphatic rings. The lowest BCUT2D eigenvalue weighted by atomic mass is 10.2. The van der Waals surface area contributed by atoms with E-state index in [9.17, 15) is 8.42 Å². The molecule has 104 valence electrons. The number of piperazine rings is 1. The fraction of sp³-hybridized carbons (Fsp3) is 0.357. The maximum Gasteiger partial charge on any atom is 0.244 e. The van der Waals surface area contributed by atoms with Crippen LogP contribution in [0.5, 0.6) is 0 Å². The molecule has 1 fully saturated rings. The van der Waals surface area contributed by atoms with Gasteiger partial charge in [0.2, 0.25) is 10.0 Å². The van der Waals surface area contributed by atoms with Crippen molar-refractivity contribution in [2.24, 2.45) is 0 Å². The van der Waals surface area contributed by atoms with Gasteiger partial charge in [-0.2, -0.15) is 9.57 Å². The zero-order valence-corrected chi connectivity index (χ0v) is 11.8. The number of benzene rings is 1. The lowest BCUT2D eigenvalue weighted by Gasteiger charge is -2.32. The van der Waals surface area contributed by atoms with Gasteiger partial charge in [-0.05, 0) is 12.1 Å². The van der Waals surface area contributed by atoms with E-state index >= 15 is 0 Å². The molecule has 1 aromatic rings. The molecule has 1 aliphatic heterocycles. The summed E-state index contributed by atoms with van der Waals surface area (Å²) in [6.45, 7) is 2.53. The Morgan fingerprint density at radius 3 is 2.45 bits per heavy atom. The quantitative estimate of drug-likeness (QED) is 0.760. The molecule has 1 saturated heterocycles. The molecule has 0 atom stereocenters. The Hall–Kier alpha value is -1.86. The Labute approximate surface area is 119 Å². The Balaban J connectivity index is 2.21. The second-order valence-electron chi connectivity index (χ2n) is 4.49. The summed E-state index contributed by atoms with van der Waals surface area (Å²) in [4.78, 5) is 2.11. The van der Waals surface area contributed by atoms with Crippen molar-refractivity contribution in [3.05, 3.63) is 29.8 Å². The molecule has 0 unspecified atom stereocenters. The number of rotatable bonds is 3. The van der Waals surface area contributed by atoms with Crippen molar-refractivity contribution in [3.8, 4) is 18.4 Å². The van der Waals surface area contributed by atoms with Gasteiger partial charge in [0, 0.05) is 26.2 Å². The van der Waals surface area contributed by atoms with Gasteiger partial charge in [-0.25, -0.2) is 8.42 Å². The van der Waals surface area contributed by atoms with Gasteiger partial charge in [0.15, 0.2) is 0 Å². The third kappa shape index (κ3) is 2.83. The van der Waals surface area contributed by atoms with Crippen LogP contribution in [0.2, 0.25) is 0 Å². The molecular formula is C14H15N3O2S. The fourth-order valence-corrected chi connectivity index (χ4v) is 3.74. The van der Waals surface area contributed by atoms with E-state index in [1.54, 1.807) is 12.1 Å². The number of hydrogen-bond donors (Lipinski definition) is 0. The van der Waals surface area contributed by atoms with Gasteiger partial charge in [-0.1, -0.05) is 18.1 Å². The van der Waals surface area contributed by atoms with E-state index in [-0.39, 0.29) is 10.5 Å². The molecule has 2 rings (SSSR count). The first-order valence-corrected chi connectivity index (χ1v) is 7.68. The number of nitrogens with zero attached hydrogens (tertiary/aromatic N) is 3. The van der Waals surface area contributed by atoms with Crippen LogP contribution in [0.1, 0.15) is 5.56 Å². The average molecular weight is 289 g/mol. The zero-order chi connectivity index (χ0) is 14.6. The molecule has 0 amide bonds. The lowest BCUT2D eigenvalue weighted by Crippen LogP contribution is -2.48. The molecule has 0 spiro atoms. The first kappa shape index (κ1) is 14.5. The molecule has 0 radical (unpaired) electrons. The van der Waals surface area contributed by atoms with Gasteiger partial charge in [-0.15, -0.1) is 6.42 Å². The summed E-state index contributed by atoms with van der Waals surface area (Å²) in [5.41, 5.74) is 0.179. The molecule has 1 aromatic carbocycles. The van der Waals surface area contributed by atoms with Gasteiger partial charge >= 0.3 is 0 Å². The second kappa shape index (κ2) is 6.06. The van der Waals surface area contributed by atoms with E-state index in [1.807, 2.05) is 11.0 Å². The molecule has 0 N–H and O–H groups in total. The van der Waals surface area contributed by atoms with Crippen LogP contribution >= 0.6 is 0 Å². The summed E-state index contributed by atoms with van der Waals surface area (Å²) < 4.78 is 26.5. The molecule has 0 aliphatic carbocycles. The minimum absolute atomic E-state index is 0.0768. The summed E-state index contributed by atoms with van der Waals surface area (Å²) in [5, 5.41) is 9.03. The number of hydrogen-bond acceptors (Lipinski definition) is 4. The SMILES string of the molecule is C#CCN1CCN(S(=O)(=O)c2ccccc2C#N)CC1. The van der Waals surface area contributed by atoms with Crippen molar-refractivity contribution in [2.45, 2.75) is 4.90 Å². The van der Waals surface area contributed by atoms with E-state index in [0.717, 1.165) is 0 Å². The average Bonchev–Trinajstić information content (AvgIpc) is 2.48. The van der Waals surface area contributed by atoms with Crippen LogP contribution in [0.25, 0.3) is 0 Å². The van der Waals surface area contributed by atoms with Crippen LogP contribution in [-0.4, -0.2) is 50.3 Å². The standard InChI is InChI=1S/C14H15N3O2S/c1-2-7-16-8-10-17(11-9-16)20(18,19)14-6-4-3-5-13(14)12-15/h1,3-6H,7-11H2. The first-order chi connectivity index (χ1) is 9.59. The van der Waals surface area contributed by atoms with E-state index in [2.05, 4.69) is 5.92 Å². The summed E-state index contributed by atoms with van der Waals surface area (Å²) in [7, 11) is -3.61. The van der Waals surface area contributed by atoms with Gasteiger partial charge < -0.3 is 0 Å². The van der Waals surface area contributed by atoms with Crippen LogP contribution in [0, 0.1) is 23.7 Å². The maximum atomic E-state index is 12.5. The van der Waals surface area contributed by atoms with Crippen molar-refractivity contribution >= 4 is 10.0 Å². The Kier molecular flexibility index (Phi) is 4.41. The van der Waals surface area contributed by atoms with Gasteiger partial charge in [0.1, 0.15) is 6.07 Å². The minimum atomic E-state index is -3.61. The highest BCUT2D eigenvalue weighted by Gasteiger charge is 2.29. The van der Waals surface area contributed by atoms with Crippen molar-refractivity contribution in [1.82, 2.24) is 9.21 Å². The first-order valence-electron chi connectivity index (χ1n) is 6.24. The number of sulfonamides is 1. The molecular weight excluding hydrogens is 274 g/mol. The van der Waals surface area contributed by atoms with Gasteiger partial charge in [-0.3, -0.25) is 4.90 Å². The smallest absolute Gasteiger partial charge is 0.244 e. The molecule has 0 aromatic heterocycles. The predicted octanol–water partition coefficient (Wildman–Crippen LogP) is 0.498. The molecule has 6 heteroatoms. The molecule has 0 bridgehead atoms. The maximum absolute atomic E-state index is 12.5. The largest absolute Gasteiger partial charge is 0.290 e. The summed E-state index contributed by atoms with van der Waals surface area (Å²) >= 11 is 0. The van der Waals surface area contributed by atoms with Crippen LogP contribution in [0.15, 0.2) is 29.2 Å². The monoisotopic (exact) mass is 289 g/mol. The van der Waals surface area contributed by atoms with Crippen LogP contribution < -0.4 is 0 Å². The molecule has 1 heterocycles. The Bertz CT molecular complexity index is 662. The van der Waals surface area contributed by atoms with Gasteiger partial charge in [0.05, 0.1) is 17.0 Å². The van der Waals surface area contributed by atoms with Crippen molar-refractivity contribution in [1.29, 1.82) is 5.26 Å². The Morgan fingerprint density at radius 2 is 1.85 bits per heavy atom. The highest BCUT2D eigenvalue weighted by molar-refractivity contribution is 7.89. The fourth-order valence-electron chi connectivity index (χ4n) is 2.18.